The molecule has 82 valence electrons. The van der Waals surface area contributed by atoms with E-state index < -0.39 is 0 Å². The highest BCUT2D eigenvalue weighted by atomic mass is 16.2. The van der Waals surface area contributed by atoms with Gasteiger partial charge in [-0.15, -0.1) is 0 Å². The summed E-state index contributed by atoms with van der Waals surface area (Å²) in [7, 11) is 0. The highest BCUT2D eigenvalue weighted by Crippen LogP contribution is 2.22. The van der Waals surface area contributed by atoms with Gasteiger partial charge in [0.05, 0.1) is 5.57 Å². The number of carbonyl (C=O) groups excluding carboxylic acids is 3. The first-order valence-corrected chi connectivity index (χ1v) is 5.44. The molecule has 1 rings (SSSR count). The van der Waals surface area contributed by atoms with Crippen LogP contribution >= 0.6 is 0 Å². The molecule has 1 aliphatic carbocycles. The molecule has 0 radical (unpaired) electrons. The third kappa shape index (κ3) is 2.41. The third-order valence-corrected chi connectivity index (χ3v) is 2.68. The van der Waals surface area contributed by atoms with Crippen molar-refractivity contribution in [1.82, 2.24) is 0 Å². The van der Waals surface area contributed by atoms with E-state index in [4.69, 9.17) is 0 Å². The van der Waals surface area contributed by atoms with E-state index in [0.717, 1.165) is 0 Å². The monoisotopic (exact) mass is 208 g/mol. The van der Waals surface area contributed by atoms with Crippen molar-refractivity contribution in [2.24, 2.45) is 0 Å². The van der Waals surface area contributed by atoms with Gasteiger partial charge in [0.2, 0.25) is 0 Å². The fourth-order valence-corrected chi connectivity index (χ4v) is 1.88. The van der Waals surface area contributed by atoms with Gasteiger partial charge < -0.3 is 0 Å². The molecule has 1 saturated carbocycles. The van der Waals surface area contributed by atoms with E-state index in [1.165, 1.54) is 0 Å². The maximum atomic E-state index is 11.6. The van der Waals surface area contributed by atoms with E-state index in [1.807, 2.05) is 6.92 Å². The highest BCUT2D eigenvalue weighted by Gasteiger charge is 2.27. The predicted molar refractivity (Wildman–Crippen MR) is 56.5 cm³/mol. The Bertz CT molecular complexity index is 319. The van der Waals surface area contributed by atoms with E-state index in [9.17, 15) is 14.4 Å². The molecule has 15 heavy (non-hydrogen) atoms. The molecule has 0 aliphatic heterocycles. The zero-order valence-electron chi connectivity index (χ0n) is 9.26. The lowest BCUT2D eigenvalue weighted by Gasteiger charge is -2.15. The molecule has 0 amide bonds. The van der Waals surface area contributed by atoms with Crippen LogP contribution in [-0.4, -0.2) is 17.3 Å². The smallest absolute Gasteiger partial charge is 0.166 e. The van der Waals surface area contributed by atoms with Crippen LogP contribution in [0.2, 0.25) is 0 Å². The summed E-state index contributed by atoms with van der Waals surface area (Å²) >= 11 is 0. The van der Waals surface area contributed by atoms with Crippen LogP contribution in [0.1, 0.15) is 46.0 Å². The number of ketones is 3. The van der Waals surface area contributed by atoms with Crippen LogP contribution in [0.4, 0.5) is 0 Å². The molecule has 1 aliphatic rings. The maximum Gasteiger partial charge on any atom is 0.166 e. The first-order chi connectivity index (χ1) is 7.11. The summed E-state index contributed by atoms with van der Waals surface area (Å²) in [4.78, 5) is 34.8. The van der Waals surface area contributed by atoms with Crippen LogP contribution in [0.25, 0.3) is 0 Å². The summed E-state index contributed by atoms with van der Waals surface area (Å²) in [6.07, 6.45) is 2.26. The van der Waals surface area contributed by atoms with Crippen LogP contribution in [0.15, 0.2) is 11.1 Å². The Labute approximate surface area is 89.5 Å². The average Bonchev–Trinajstić information content (AvgIpc) is 2.22. The van der Waals surface area contributed by atoms with Crippen molar-refractivity contribution in [1.29, 1.82) is 0 Å². The molecule has 0 bridgehead atoms. The normalized spacial score (nSPS) is 16.8. The van der Waals surface area contributed by atoms with Crippen molar-refractivity contribution in [3.63, 3.8) is 0 Å². The van der Waals surface area contributed by atoms with E-state index in [1.54, 1.807) is 6.92 Å². The largest absolute Gasteiger partial charge is 0.295 e. The van der Waals surface area contributed by atoms with Gasteiger partial charge in [0.15, 0.2) is 17.3 Å². The minimum absolute atomic E-state index is 0.0731. The van der Waals surface area contributed by atoms with Crippen LogP contribution in [-0.2, 0) is 14.4 Å². The number of carbonyl (C=O) groups is 3. The quantitative estimate of drug-likeness (QED) is 0.526. The summed E-state index contributed by atoms with van der Waals surface area (Å²) in [6, 6.07) is 0. The maximum absolute atomic E-state index is 11.6. The lowest BCUT2D eigenvalue weighted by molar-refractivity contribution is -0.125. The lowest BCUT2D eigenvalue weighted by atomic mass is 9.86. The zero-order valence-corrected chi connectivity index (χ0v) is 9.26. The average molecular weight is 208 g/mol. The Morgan fingerprint density at radius 3 is 2.00 bits per heavy atom. The molecule has 0 N–H and O–H groups in total. The second-order valence-corrected chi connectivity index (χ2v) is 3.68. The van der Waals surface area contributed by atoms with Crippen LogP contribution < -0.4 is 0 Å². The predicted octanol–water partition coefficient (Wildman–Crippen LogP) is 1.99. The Hall–Kier alpha value is -1.25. The van der Waals surface area contributed by atoms with Crippen molar-refractivity contribution < 1.29 is 14.4 Å². The Kier molecular flexibility index (Phi) is 3.95. The first-order valence-electron chi connectivity index (χ1n) is 5.44. The zero-order chi connectivity index (χ0) is 11.4. The van der Waals surface area contributed by atoms with Crippen molar-refractivity contribution in [2.75, 3.05) is 0 Å². The molecular weight excluding hydrogens is 192 g/mol. The third-order valence-electron chi connectivity index (χ3n) is 2.68. The van der Waals surface area contributed by atoms with Crippen molar-refractivity contribution in [3.8, 4) is 0 Å². The molecule has 0 atom stereocenters. The molecule has 0 spiro atoms. The molecule has 0 heterocycles. The number of rotatable bonds is 3. The fraction of sp³-hybridized carbons (Fsp3) is 0.583. The van der Waals surface area contributed by atoms with Crippen LogP contribution in [0.5, 0.6) is 0 Å². The van der Waals surface area contributed by atoms with E-state index in [-0.39, 0.29) is 22.9 Å². The lowest BCUT2D eigenvalue weighted by Crippen LogP contribution is -2.23. The number of hydrogen-bond acceptors (Lipinski definition) is 3. The summed E-state index contributed by atoms with van der Waals surface area (Å²) in [6.45, 7) is 3.56. The van der Waals surface area contributed by atoms with Gasteiger partial charge in [-0.05, 0) is 12.8 Å². The summed E-state index contributed by atoms with van der Waals surface area (Å²) in [5.41, 5.74) is 0.628. The number of allylic oxidation sites excluding steroid dienone is 2. The van der Waals surface area contributed by atoms with Gasteiger partial charge in [-0.25, -0.2) is 0 Å². The van der Waals surface area contributed by atoms with Crippen molar-refractivity contribution >= 4 is 17.3 Å². The van der Waals surface area contributed by atoms with Gasteiger partial charge in [-0.3, -0.25) is 14.4 Å². The first kappa shape index (κ1) is 11.8. The summed E-state index contributed by atoms with van der Waals surface area (Å²) in [5, 5.41) is 0. The van der Waals surface area contributed by atoms with Crippen LogP contribution in [0, 0.1) is 0 Å². The molecule has 3 nitrogen and oxygen atoms in total. The fourth-order valence-electron chi connectivity index (χ4n) is 1.88. The van der Waals surface area contributed by atoms with Gasteiger partial charge in [0, 0.05) is 24.8 Å². The van der Waals surface area contributed by atoms with Gasteiger partial charge in [0.1, 0.15) is 0 Å². The molecule has 0 aromatic rings. The summed E-state index contributed by atoms with van der Waals surface area (Å²) < 4.78 is 0. The van der Waals surface area contributed by atoms with Gasteiger partial charge in [-0.2, -0.15) is 0 Å². The van der Waals surface area contributed by atoms with Gasteiger partial charge in [0.25, 0.3) is 0 Å². The van der Waals surface area contributed by atoms with E-state index >= 15 is 0 Å². The Morgan fingerprint density at radius 1 is 1.07 bits per heavy atom. The Morgan fingerprint density at radius 2 is 1.60 bits per heavy atom. The second kappa shape index (κ2) is 5.01. The molecule has 1 fully saturated rings. The van der Waals surface area contributed by atoms with Crippen LogP contribution in [0.3, 0.4) is 0 Å². The molecule has 0 unspecified atom stereocenters. The number of hydrogen-bond donors (Lipinski definition) is 0. The highest BCUT2D eigenvalue weighted by molar-refractivity contribution is 6.25. The minimum atomic E-state index is -0.148. The molecule has 3 heteroatoms. The second-order valence-electron chi connectivity index (χ2n) is 3.68. The minimum Gasteiger partial charge on any atom is -0.295 e. The summed E-state index contributed by atoms with van der Waals surface area (Å²) in [5.74, 6) is -0.370. The molecule has 0 aromatic carbocycles. The van der Waals surface area contributed by atoms with E-state index in [0.29, 0.717) is 37.7 Å². The van der Waals surface area contributed by atoms with E-state index in [2.05, 4.69) is 0 Å². The van der Waals surface area contributed by atoms with Crippen molar-refractivity contribution in [2.45, 2.75) is 46.0 Å². The SMILES string of the molecule is CCC(=O)C(CC)=C1C(=O)CCCC1=O. The molecule has 0 saturated heterocycles. The Balaban J connectivity index is 3.16. The number of Topliss-reactive ketones (excluding diaryl/α,β-unsaturated/α-hetero) is 3. The van der Waals surface area contributed by atoms with Crippen molar-refractivity contribution in [3.05, 3.63) is 11.1 Å². The molecule has 0 aromatic heterocycles. The van der Waals surface area contributed by atoms with Gasteiger partial charge >= 0.3 is 0 Å². The topological polar surface area (TPSA) is 51.2 Å². The van der Waals surface area contributed by atoms with Gasteiger partial charge in [-0.1, -0.05) is 13.8 Å². The standard InChI is InChI=1S/C12H16O3/c1-3-8(9(13)4-2)12-10(14)6-5-7-11(12)15/h3-7H2,1-2H3. The molecular formula is C12H16O3.